The van der Waals surface area contributed by atoms with Crippen LogP contribution in [0, 0.1) is 0 Å². The monoisotopic (exact) mass is 302 g/mol. The van der Waals surface area contributed by atoms with Gasteiger partial charge in [-0.25, -0.2) is 0 Å². The van der Waals surface area contributed by atoms with E-state index in [0.717, 1.165) is 57.9 Å². The van der Waals surface area contributed by atoms with E-state index in [-0.39, 0.29) is 0 Å². The third-order valence-electron chi connectivity index (χ3n) is 3.71. The number of morpholine rings is 1. The lowest BCUT2D eigenvalue weighted by molar-refractivity contribution is 0.0384. The lowest BCUT2D eigenvalue weighted by atomic mass is 10.2. The molecular formula is C16H22N4O2. The number of hydrogen-bond donors (Lipinski definition) is 1. The van der Waals surface area contributed by atoms with Crippen molar-refractivity contribution in [2.45, 2.75) is 6.42 Å². The normalized spacial score (nSPS) is 16.0. The Balaban J connectivity index is 1.36. The zero-order valence-corrected chi connectivity index (χ0v) is 12.7. The smallest absolute Gasteiger partial charge is 0.247 e. The summed E-state index contributed by atoms with van der Waals surface area (Å²) in [5, 5.41) is 11.6. The predicted octanol–water partition coefficient (Wildman–Crippen LogP) is 1.20. The predicted molar refractivity (Wildman–Crippen MR) is 83.6 cm³/mol. The fraction of sp³-hybridized carbons (Fsp3) is 0.500. The molecule has 2 heterocycles. The van der Waals surface area contributed by atoms with E-state index >= 15 is 0 Å². The standard InChI is InChI=1S/C16H22N4O2/c1-2-4-14(5-3-1)16-19-18-15(22-16)6-7-17-8-9-20-10-12-21-13-11-20/h1-5,17H,6-13H2. The van der Waals surface area contributed by atoms with E-state index in [1.165, 1.54) is 0 Å². The lowest BCUT2D eigenvalue weighted by Gasteiger charge is -2.26. The number of hydrogen-bond acceptors (Lipinski definition) is 6. The van der Waals surface area contributed by atoms with Gasteiger partial charge in [-0.05, 0) is 12.1 Å². The van der Waals surface area contributed by atoms with Gasteiger partial charge in [0.2, 0.25) is 11.8 Å². The van der Waals surface area contributed by atoms with Crippen molar-refractivity contribution in [1.82, 2.24) is 20.4 Å². The Labute approximate surface area is 130 Å². The van der Waals surface area contributed by atoms with Gasteiger partial charge in [0.1, 0.15) is 0 Å². The fourth-order valence-corrected chi connectivity index (χ4v) is 2.43. The van der Waals surface area contributed by atoms with Gasteiger partial charge >= 0.3 is 0 Å². The van der Waals surface area contributed by atoms with E-state index in [1.54, 1.807) is 0 Å². The van der Waals surface area contributed by atoms with Gasteiger partial charge in [0.05, 0.1) is 13.2 Å². The SMILES string of the molecule is c1ccc(-c2nnc(CCNCCN3CCOCC3)o2)cc1. The molecule has 2 aromatic rings. The molecule has 1 aliphatic rings. The fourth-order valence-electron chi connectivity index (χ4n) is 2.43. The Morgan fingerprint density at radius 2 is 1.86 bits per heavy atom. The van der Waals surface area contributed by atoms with Crippen LogP contribution < -0.4 is 5.32 Å². The summed E-state index contributed by atoms with van der Waals surface area (Å²) in [7, 11) is 0. The number of benzene rings is 1. The molecule has 6 heteroatoms. The molecular weight excluding hydrogens is 280 g/mol. The van der Waals surface area contributed by atoms with Crippen molar-refractivity contribution in [3.05, 3.63) is 36.2 Å². The Hall–Kier alpha value is -1.76. The summed E-state index contributed by atoms with van der Waals surface area (Å²) in [5.74, 6) is 1.27. The molecule has 1 saturated heterocycles. The molecule has 1 aromatic carbocycles. The summed E-state index contributed by atoms with van der Waals surface area (Å²) in [6, 6.07) is 9.84. The first-order valence-electron chi connectivity index (χ1n) is 7.80. The molecule has 0 saturated carbocycles. The Bertz CT molecular complexity index is 552. The maximum Gasteiger partial charge on any atom is 0.247 e. The number of nitrogens with zero attached hydrogens (tertiary/aromatic N) is 3. The topological polar surface area (TPSA) is 63.4 Å². The second kappa shape index (κ2) is 8.03. The van der Waals surface area contributed by atoms with Crippen molar-refractivity contribution >= 4 is 0 Å². The minimum Gasteiger partial charge on any atom is -0.421 e. The van der Waals surface area contributed by atoms with Crippen LogP contribution in [0.2, 0.25) is 0 Å². The van der Waals surface area contributed by atoms with Crippen LogP contribution in [-0.4, -0.2) is 61.0 Å². The molecule has 0 unspecified atom stereocenters. The van der Waals surface area contributed by atoms with Crippen LogP contribution in [0.1, 0.15) is 5.89 Å². The molecule has 0 bridgehead atoms. The molecule has 1 N–H and O–H groups in total. The number of ether oxygens (including phenoxy) is 1. The Morgan fingerprint density at radius 1 is 1.05 bits per heavy atom. The van der Waals surface area contributed by atoms with Crippen LogP contribution in [0.4, 0.5) is 0 Å². The highest BCUT2D eigenvalue weighted by Gasteiger charge is 2.10. The van der Waals surface area contributed by atoms with E-state index in [2.05, 4.69) is 20.4 Å². The quantitative estimate of drug-likeness (QED) is 0.776. The van der Waals surface area contributed by atoms with Gasteiger partial charge < -0.3 is 14.5 Å². The van der Waals surface area contributed by atoms with E-state index < -0.39 is 0 Å². The van der Waals surface area contributed by atoms with Crippen molar-refractivity contribution in [1.29, 1.82) is 0 Å². The molecule has 22 heavy (non-hydrogen) atoms. The maximum absolute atomic E-state index is 5.68. The van der Waals surface area contributed by atoms with Crippen molar-refractivity contribution in [2.75, 3.05) is 45.9 Å². The first-order valence-corrected chi connectivity index (χ1v) is 7.80. The lowest BCUT2D eigenvalue weighted by Crippen LogP contribution is -2.40. The minimum atomic E-state index is 0.587. The molecule has 118 valence electrons. The van der Waals surface area contributed by atoms with Crippen LogP contribution in [0.3, 0.4) is 0 Å². The maximum atomic E-state index is 5.68. The summed E-state index contributed by atoms with van der Waals surface area (Å²) < 4.78 is 11.0. The van der Waals surface area contributed by atoms with Crippen molar-refractivity contribution < 1.29 is 9.15 Å². The van der Waals surface area contributed by atoms with Gasteiger partial charge in [-0.1, -0.05) is 18.2 Å². The van der Waals surface area contributed by atoms with Gasteiger partial charge in [0, 0.05) is 44.7 Å². The minimum absolute atomic E-state index is 0.587. The number of nitrogens with one attached hydrogen (secondary N) is 1. The molecule has 0 amide bonds. The number of rotatable bonds is 7. The average molecular weight is 302 g/mol. The molecule has 1 aromatic heterocycles. The molecule has 0 spiro atoms. The molecule has 0 atom stereocenters. The zero-order valence-electron chi connectivity index (χ0n) is 12.7. The highest BCUT2D eigenvalue weighted by Crippen LogP contribution is 2.16. The molecule has 0 aliphatic carbocycles. The zero-order chi connectivity index (χ0) is 15.0. The average Bonchev–Trinajstić information content (AvgIpc) is 3.05. The largest absolute Gasteiger partial charge is 0.421 e. The Kier molecular flexibility index (Phi) is 5.53. The van der Waals surface area contributed by atoms with Gasteiger partial charge in [0.25, 0.3) is 0 Å². The van der Waals surface area contributed by atoms with Gasteiger partial charge in [-0.3, -0.25) is 4.90 Å². The van der Waals surface area contributed by atoms with Gasteiger partial charge in [-0.2, -0.15) is 0 Å². The Morgan fingerprint density at radius 3 is 2.68 bits per heavy atom. The van der Waals surface area contributed by atoms with Crippen LogP contribution in [0.15, 0.2) is 34.7 Å². The third-order valence-corrected chi connectivity index (χ3v) is 3.71. The van der Waals surface area contributed by atoms with E-state index in [4.69, 9.17) is 9.15 Å². The second-order valence-electron chi connectivity index (χ2n) is 5.32. The first kappa shape index (κ1) is 15.1. The van der Waals surface area contributed by atoms with Crippen molar-refractivity contribution in [2.24, 2.45) is 0 Å². The first-order chi connectivity index (χ1) is 10.9. The van der Waals surface area contributed by atoms with Crippen LogP contribution in [-0.2, 0) is 11.2 Å². The third kappa shape index (κ3) is 4.37. The molecule has 3 rings (SSSR count). The summed E-state index contributed by atoms with van der Waals surface area (Å²) in [5.41, 5.74) is 0.960. The van der Waals surface area contributed by atoms with Crippen molar-refractivity contribution in [3.8, 4) is 11.5 Å². The second-order valence-corrected chi connectivity index (χ2v) is 5.32. The summed E-state index contributed by atoms with van der Waals surface area (Å²) in [6.45, 7) is 6.65. The summed E-state index contributed by atoms with van der Waals surface area (Å²) >= 11 is 0. The van der Waals surface area contributed by atoms with E-state index in [1.807, 2.05) is 30.3 Å². The summed E-state index contributed by atoms with van der Waals surface area (Å²) in [4.78, 5) is 2.41. The van der Waals surface area contributed by atoms with Crippen LogP contribution >= 0.6 is 0 Å². The highest BCUT2D eigenvalue weighted by molar-refractivity contribution is 5.51. The molecule has 1 aliphatic heterocycles. The van der Waals surface area contributed by atoms with Crippen LogP contribution in [0.25, 0.3) is 11.5 Å². The molecule has 6 nitrogen and oxygen atoms in total. The highest BCUT2D eigenvalue weighted by atomic mass is 16.5. The molecule has 1 fully saturated rings. The number of aromatic nitrogens is 2. The summed E-state index contributed by atoms with van der Waals surface area (Å²) in [6.07, 6.45) is 0.753. The van der Waals surface area contributed by atoms with Crippen LogP contribution in [0.5, 0.6) is 0 Å². The van der Waals surface area contributed by atoms with Gasteiger partial charge in [-0.15, -0.1) is 10.2 Å². The molecule has 0 radical (unpaired) electrons. The van der Waals surface area contributed by atoms with Crippen molar-refractivity contribution in [3.63, 3.8) is 0 Å². The van der Waals surface area contributed by atoms with E-state index in [9.17, 15) is 0 Å². The van der Waals surface area contributed by atoms with Gasteiger partial charge in [0.15, 0.2) is 0 Å². The van der Waals surface area contributed by atoms with E-state index in [0.29, 0.717) is 11.8 Å².